The maximum Gasteiger partial charge on any atom is 0.261 e. The number of carbonyl (C=O) groups excluding carboxylic acids is 2. The van der Waals surface area contributed by atoms with Crippen LogP contribution >= 0.6 is 31.9 Å². The number of hydrogen-bond donors (Lipinski definition) is 1. The number of carbonyl (C=O) groups is 2. The van der Waals surface area contributed by atoms with E-state index in [1.807, 2.05) is 86.6 Å². The minimum Gasteiger partial charge on any atom is -0.484 e. The second-order valence-electron chi connectivity index (χ2n) is 8.34. The Bertz CT molecular complexity index is 1120. The van der Waals surface area contributed by atoms with Crippen LogP contribution in [-0.2, 0) is 22.6 Å². The average Bonchev–Trinajstić information content (AvgIpc) is 2.87. The van der Waals surface area contributed by atoms with E-state index in [4.69, 9.17) is 4.74 Å². The molecule has 0 saturated heterocycles. The topological polar surface area (TPSA) is 58.6 Å². The minimum atomic E-state index is -0.671. The molecule has 7 heteroatoms. The van der Waals surface area contributed by atoms with Crippen molar-refractivity contribution in [1.82, 2.24) is 10.2 Å². The molecule has 0 aliphatic rings. The fourth-order valence-corrected chi connectivity index (χ4v) is 4.15. The minimum absolute atomic E-state index is 0.163. The molecule has 0 radical (unpaired) electrons. The molecule has 35 heavy (non-hydrogen) atoms. The molecule has 184 valence electrons. The fourth-order valence-electron chi connectivity index (χ4n) is 3.64. The number of hydrogen-bond acceptors (Lipinski definition) is 3. The molecule has 0 saturated carbocycles. The molecular weight excluding hydrogens is 572 g/mol. The van der Waals surface area contributed by atoms with Crippen molar-refractivity contribution in [1.29, 1.82) is 0 Å². The lowest BCUT2D eigenvalue weighted by Gasteiger charge is -2.31. The van der Waals surface area contributed by atoms with Crippen LogP contribution in [0, 0.1) is 6.92 Å². The normalized spacial score (nSPS) is 11.5. The van der Waals surface area contributed by atoms with Crippen LogP contribution in [-0.4, -0.2) is 35.9 Å². The lowest BCUT2D eigenvalue weighted by molar-refractivity contribution is -0.142. The van der Waals surface area contributed by atoms with E-state index in [1.165, 1.54) is 0 Å². The van der Waals surface area contributed by atoms with E-state index >= 15 is 0 Å². The van der Waals surface area contributed by atoms with Crippen molar-refractivity contribution in [3.05, 3.63) is 98.4 Å². The smallest absolute Gasteiger partial charge is 0.261 e. The van der Waals surface area contributed by atoms with Crippen molar-refractivity contribution in [2.45, 2.75) is 39.3 Å². The predicted octanol–water partition coefficient (Wildman–Crippen LogP) is 6.07. The van der Waals surface area contributed by atoms with Gasteiger partial charge >= 0.3 is 0 Å². The Morgan fingerprint density at radius 3 is 2.34 bits per heavy atom. The van der Waals surface area contributed by atoms with Crippen molar-refractivity contribution in [3.63, 3.8) is 0 Å². The van der Waals surface area contributed by atoms with E-state index in [9.17, 15) is 9.59 Å². The molecular formula is C28H30Br2N2O3. The molecule has 1 atom stereocenters. The zero-order chi connectivity index (χ0) is 25.2. The lowest BCUT2D eigenvalue weighted by Crippen LogP contribution is -2.51. The summed E-state index contributed by atoms with van der Waals surface area (Å²) in [6.45, 7) is 4.66. The van der Waals surface area contributed by atoms with Crippen molar-refractivity contribution >= 4 is 43.7 Å². The standard InChI is InChI=1S/C28H30Br2N2O3/c1-3-15-31-28(34)26(17-21-7-5-4-6-8-21)32(18-22-9-11-23(29)12-10-22)27(33)19-35-24-13-14-25(30)20(2)16-24/h4-14,16,26H,3,15,17-19H2,1-2H3,(H,31,34)/t26-/m0/s1. The number of nitrogens with one attached hydrogen (secondary N) is 1. The number of aryl methyl sites for hydroxylation is 1. The molecule has 0 heterocycles. The Balaban J connectivity index is 1.88. The van der Waals surface area contributed by atoms with Crippen LogP contribution in [0.1, 0.15) is 30.0 Å². The van der Waals surface area contributed by atoms with Gasteiger partial charge in [-0.25, -0.2) is 0 Å². The highest BCUT2D eigenvalue weighted by Crippen LogP contribution is 2.22. The van der Waals surface area contributed by atoms with Gasteiger partial charge in [-0.3, -0.25) is 9.59 Å². The second-order valence-corrected chi connectivity index (χ2v) is 10.1. The van der Waals surface area contributed by atoms with Gasteiger partial charge < -0.3 is 15.0 Å². The van der Waals surface area contributed by atoms with E-state index in [0.717, 1.165) is 32.1 Å². The van der Waals surface area contributed by atoms with Gasteiger partial charge in [-0.05, 0) is 60.4 Å². The second kappa shape index (κ2) is 13.4. The van der Waals surface area contributed by atoms with Crippen molar-refractivity contribution < 1.29 is 14.3 Å². The van der Waals surface area contributed by atoms with Crippen LogP contribution in [0.3, 0.4) is 0 Å². The third-order valence-electron chi connectivity index (χ3n) is 5.58. The van der Waals surface area contributed by atoms with E-state index in [0.29, 0.717) is 25.3 Å². The van der Waals surface area contributed by atoms with Gasteiger partial charge in [-0.1, -0.05) is 81.2 Å². The molecule has 0 spiro atoms. The molecule has 0 unspecified atom stereocenters. The third-order valence-corrected chi connectivity index (χ3v) is 7.00. The molecule has 3 aromatic rings. The van der Waals surface area contributed by atoms with Crippen molar-refractivity contribution in [3.8, 4) is 5.75 Å². The van der Waals surface area contributed by atoms with E-state index in [1.54, 1.807) is 4.90 Å². The number of ether oxygens (including phenoxy) is 1. The summed E-state index contributed by atoms with van der Waals surface area (Å²) in [5.41, 5.74) is 2.94. The molecule has 5 nitrogen and oxygen atoms in total. The van der Waals surface area contributed by atoms with Gasteiger partial charge in [0, 0.05) is 28.5 Å². The summed E-state index contributed by atoms with van der Waals surface area (Å²) in [6.07, 6.45) is 1.23. The van der Waals surface area contributed by atoms with Crippen LogP contribution in [0.4, 0.5) is 0 Å². The van der Waals surface area contributed by atoms with E-state index in [2.05, 4.69) is 37.2 Å². The lowest BCUT2D eigenvalue weighted by atomic mass is 10.0. The largest absolute Gasteiger partial charge is 0.484 e. The van der Waals surface area contributed by atoms with Gasteiger partial charge in [0.25, 0.3) is 5.91 Å². The Hall–Kier alpha value is -2.64. The highest BCUT2D eigenvalue weighted by molar-refractivity contribution is 9.10. The first-order chi connectivity index (χ1) is 16.9. The third kappa shape index (κ3) is 8.22. The number of nitrogens with zero attached hydrogens (tertiary/aromatic N) is 1. The summed E-state index contributed by atoms with van der Waals surface area (Å²) in [6, 6.07) is 22.5. The first-order valence-corrected chi connectivity index (χ1v) is 13.2. The van der Waals surface area contributed by atoms with Crippen LogP contribution in [0.2, 0.25) is 0 Å². The summed E-state index contributed by atoms with van der Waals surface area (Å²) in [5.74, 6) is 0.194. The zero-order valence-corrected chi connectivity index (χ0v) is 23.1. The molecule has 0 bridgehead atoms. The molecule has 0 fully saturated rings. The SMILES string of the molecule is CCCNC(=O)[C@H](Cc1ccccc1)N(Cc1ccc(Br)cc1)C(=O)COc1ccc(Br)c(C)c1. The zero-order valence-electron chi connectivity index (χ0n) is 20.0. The molecule has 0 aliphatic carbocycles. The monoisotopic (exact) mass is 600 g/mol. The Labute approximate surface area is 224 Å². The van der Waals surface area contributed by atoms with Gasteiger partial charge in [0.1, 0.15) is 11.8 Å². The molecule has 0 aromatic heterocycles. The summed E-state index contributed by atoms with van der Waals surface area (Å²) >= 11 is 6.94. The first kappa shape index (κ1) is 27.0. The summed E-state index contributed by atoms with van der Waals surface area (Å²) in [5, 5.41) is 2.98. The molecule has 2 amide bonds. The van der Waals surface area contributed by atoms with Crippen LogP contribution < -0.4 is 10.1 Å². The van der Waals surface area contributed by atoms with Gasteiger partial charge in [-0.2, -0.15) is 0 Å². The molecule has 1 N–H and O–H groups in total. The number of amides is 2. The number of rotatable bonds is 11. The summed E-state index contributed by atoms with van der Waals surface area (Å²) in [4.78, 5) is 28.5. The van der Waals surface area contributed by atoms with Gasteiger partial charge in [0.15, 0.2) is 6.61 Å². The van der Waals surface area contributed by atoms with E-state index in [-0.39, 0.29) is 18.4 Å². The van der Waals surface area contributed by atoms with Gasteiger partial charge in [0.2, 0.25) is 5.91 Å². The van der Waals surface area contributed by atoms with Gasteiger partial charge in [-0.15, -0.1) is 0 Å². The average molecular weight is 602 g/mol. The van der Waals surface area contributed by atoms with Gasteiger partial charge in [0.05, 0.1) is 0 Å². The van der Waals surface area contributed by atoms with E-state index < -0.39 is 6.04 Å². The van der Waals surface area contributed by atoms with Crippen LogP contribution in [0.25, 0.3) is 0 Å². The van der Waals surface area contributed by atoms with Crippen molar-refractivity contribution in [2.24, 2.45) is 0 Å². The Morgan fingerprint density at radius 2 is 1.69 bits per heavy atom. The molecule has 3 aromatic carbocycles. The molecule has 0 aliphatic heterocycles. The predicted molar refractivity (Wildman–Crippen MR) is 146 cm³/mol. The number of benzene rings is 3. The number of halogens is 2. The molecule has 3 rings (SSSR count). The quantitative estimate of drug-likeness (QED) is 0.290. The highest BCUT2D eigenvalue weighted by atomic mass is 79.9. The van der Waals surface area contributed by atoms with Crippen molar-refractivity contribution in [2.75, 3.05) is 13.2 Å². The maximum absolute atomic E-state index is 13.6. The first-order valence-electron chi connectivity index (χ1n) is 11.6. The summed E-state index contributed by atoms with van der Waals surface area (Å²) in [7, 11) is 0. The van der Waals surface area contributed by atoms with Crippen LogP contribution in [0.15, 0.2) is 81.7 Å². The van der Waals surface area contributed by atoms with Crippen LogP contribution in [0.5, 0.6) is 5.75 Å². The Kier molecular flexibility index (Phi) is 10.4. The fraction of sp³-hybridized carbons (Fsp3) is 0.286. The maximum atomic E-state index is 13.6. The summed E-state index contributed by atoms with van der Waals surface area (Å²) < 4.78 is 7.78. The Morgan fingerprint density at radius 1 is 0.971 bits per heavy atom. The highest BCUT2D eigenvalue weighted by Gasteiger charge is 2.30.